The van der Waals surface area contributed by atoms with Crippen LogP contribution in [0, 0.1) is 0 Å². The van der Waals surface area contributed by atoms with Crippen molar-refractivity contribution in [1.29, 1.82) is 0 Å². The van der Waals surface area contributed by atoms with Gasteiger partial charge in [0, 0.05) is 51.3 Å². The molecule has 0 radical (unpaired) electrons. The number of amides is 1. The summed E-state index contributed by atoms with van der Waals surface area (Å²) in [6.45, 7) is 1.91. The predicted octanol–water partition coefficient (Wildman–Crippen LogP) is 1.80. The lowest BCUT2D eigenvalue weighted by molar-refractivity contribution is -0.128. The first-order valence-electron chi connectivity index (χ1n) is 9.58. The van der Waals surface area contributed by atoms with Crippen molar-refractivity contribution in [2.75, 3.05) is 33.9 Å². The summed E-state index contributed by atoms with van der Waals surface area (Å²) in [6, 6.07) is 11.3. The maximum atomic E-state index is 12.8. The Balaban J connectivity index is 1.78. The van der Waals surface area contributed by atoms with Crippen molar-refractivity contribution in [3.05, 3.63) is 58.1 Å². The normalized spacial score (nSPS) is 16.8. The SMILES string of the molecule is COCCN1CC(c2cc(=O)n3[nH]c(COC)c(-c4ccccc4)c3n2)CC1=O. The third kappa shape index (κ3) is 3.68. The van der Waals surface area contributed by atoms with E-state index in [9.17, 15) is 9.59 Å². The van der Waals surface area contributed by atoms with E-state index in [1.807, 2.05) is 30.3 Å². The zero-order valence-corrected chi connectivity index (χ0v) is 16.6. The molecule has 0 saturated carbocycles. The van der Waals surface area contributed by atoms with Gasteiger partial charge in [0.05, 0.1) is 24.6 Å². The van der Waals surface area contributed by atoms with E-state index in [0.717, 1.165) is 16.8 Å². The van der Waals surface area contributed by atoms with E-state index in [0.29, 0.717) is 44.1 Å². The number of nitrogens with zero attached hydrogens (tertiary/aromatic N) is 3. The van der Waals surface area contributed by atoms with Crippen molar-refractivity contribution < 1.29 is 14.3 Å². The van der Waals surface area contributed by atoms with Gasteiger partial charge in [-0.25, -0.2) is 9.50 Å². The second-order valence-electron chi connectivity index (χ2n) is 7.18. The number of aromatic amines is 1. The number of carbonyl (C=O) groups excluding carboxylic acids is 1. The Labute approximate surface area is 168 Å². The van der Waals surface area contributed by atoms with E-state index in [-0.39, 0.29) is 17.4 Å². The molecule has 4 rings (SSSR count). The van der Waals surface area contributed by atoms with Crippen LogP contribution in [0.15, 0.2) is 41.2 Å². The fraction of sp³-hybridized carbons (Fsp3) is 0.381. The van der Waals surface area contributed by atoms with E-state index in [1.165, 1.54) is 10.6 Å². The molecule has 0 spiro atoms. The van der Waals surface area contributed by atoms with Crippen LogP contribution in [0.2, 0.25) is 0 Å². The molecule has 1 fully saturated rings. The lowest BCUT2D eigenvalue weighted by atomic mass is 10.0. The fourth-order valence-electron chi connectivity index (χ4n) is 3.86. The number of likely N-dealkylation sites (tertiary alicyclic amines) is 1. The molecule has 0 aliphatic carbocycles. The summed E-state index contributed by atoms with van der Waals surface area (Å²) in [5.74, 6) is -0.0482. The van der Waals surface area contributed by atoms with Crippen LogP contribution in [0.1, 0.15) is 23.7 Å². The quantitative estimate of drug-likeness (QED) is 0.658. The molecule has 8 heteroatoms. The Hall–Kier alpha value is -2.97. The largest absolute Gasteiger partial charge is 0.383 e. The molecule has 1 N–H and O–H groups in total. The zero-order chi connectivity index (χ0) is 20.4. The highest BCUT2D eigenvalue weighted by Crippen LogP contribution is 2.30. The molecule has 152 valence electrons. The maximum absolute atomic E-state index is 12.8. The van der Waals surface area contributed by atoms with Crippen LogP contribution in [-0.2, 0) is 20.9 Å². The molecule has 1 aromatic carbocycles. The number of nitrogens with one attached hydrogen (secondary N) is 1. The van der Waals surface area contributed by atoms with Crippen molar-refractivity contribution in [3.8, 4) is 11.1 Å². The van der Waals surface area contributed by atoms with Crippen molar-refractivity contribution in [2.24, 2.45) is 0 Å². The number of fused-ring (bicyclic) bond motifs is 1. The molecule has 8 nitrogen and oxygen atoms in total. The minimum atomic E-state index is -0.202. The average molecular weight is 396 g/mol. The van der Waals surface area contributed by atoms with E-state index in [2.05, 4.69) is 5.10 Å². The second-order valence-corrected chi connectivity index (χ2v) is 7.18. The highest BCUT2D eigenvalue weighted by atomic mass is 16.5. The smallest absolute Gasteiger partial charge is 0.272 e. The zero-order valence-electron chi connectivity index (χ0n) is 16.6. The van der Waals surface area contributed by atoms with Crippen LogP contribution in [-0.4, -0.2) is 59.3 Å². The van der Waals surface area contributed by atoms with Crippen LogP contribution in [0.5, 0.6) is 0 Å². The van der Waals surface area contributed by atoms with Gasteiger partial charge in [-0.2, -0.15) is 0 Å². The minimum Gasteiger partial charge on any atom is -0.383 e. The molecule has 1 aliphatic rings. The second kappa shape index (κ2) is 8.18. The highest BCUT2D eigenvalue weighted by Gasteiger charge is 2.32. The lowest BCUT2D eigenvalue weighted by Gasteiger charge is -2.15. The minimum absolute atomic E-state index is 0.0615. The molecule has 2 aromatic heterocycles. The number of carbonyl (C=O) groups is 1. The summed E-state index contributed by atoms with van der Waals surface area (Å²) in [6.07, 6.45) is 0.350. The van der Waals surface area contributed by atoms with Crippen LogP contribution in [0.4, 0.5) is 0 Å². The summed E-state index contributed by atoms with van der Waals surface area (Å²) < 4.78 is 11.8. The summed E-state index contributed by atoms with van der Waals surface area (Å²) in [7, 11) is 3.23. The topological polar surface area (TPSA) is 88.9 Å². The first kappa shape index (κ1) is 19.4. The number of methoxy groups -OCH3 is 2. The Bertz CT molecular complexity index is 1070. The van der Waals surface area contributed by atoms with Crippen LogP contribution >= 0.6 is 0 Å². The third-order valence-electron chi connectivity index (χ3n) is 5.26. The van der Waals surface area contributed by atoms with E-state index in [4.69, 9.17) is 14.5 Å². The van der Waals surface area contributed by atoms with E-state index < -0.39 is 0 Å². The molecule has 1 saturated heterocycles. The van der Waals surface area contributed by atoms with Gasteiger partial charge in [-0.15, -0.1) is 0 Å². The van der Waals surface area contributed by atoms with Gasteiger partial charge in [0.15, 0.2) is 5.65 Å². The predicted molar refractivity (Wildman–Crippen MR) is 108 cm³/mol. The van der Waals surface area contributed by atoms with Gasteiger partial charge in [-0.05, 0) is 5.56 Å². The van der Waals surface area contributed by atoms with Crippen LogP contribution < -0.4 is 5.56 Å². The summed E-state index contributed by atoms with van der Waals surface area (Å²) in [5, 5.41) is 3.12. The molecule has 1 unspecified atom stereocenters. The van der Waals surface area contributed by atoms with Gasteiger partial charge in [0.1, 0.15) is 0 Å². The molecular formula is C21H24N4O4. The highest BCUT2D eigenvalue weighted by molar-refractivity contribution is 5.81. The average Bonchev–Trinajstić information content (AvgIpc) is 3.28. The van der Waals surface area contributed by atoms with Crippen molar-refractivity contribution in [2.45, 2.75) is 18.9 Å². The van der Waals surface area contributed by atoms with Gasteiger partial charge in [0.2, 0.25) is 5.91 Å². The maximum Gasteiger partial charge on any atom is 0.272 e. The fourth-order valence-corrected chi connectivity index (χ4v) is 3.86. The number of ether oxygens (including phenoxy) is 2. The van der Waals surface area contributed by atoms with Crippen molar-refractivity contribution in [1.82, 2.24) is 19.5 Å². The van der Waals surface area contributed by atoms with E-state index >= 15 is 0 Å². The monoisotopic (exact) mass is 396 g/mol. The standard InChI is InChI=1S/C21H24N4O4/c1-28-9-8-24-12-15(10-18(24)26)16-11-19(27)25-21(22-16)20(17(23-25)13-29-2)14-6-4-3-5-7-14/h3-7,11,15,23H,8-10,12-13H2,1-2H3. The van der Waals surface area contributed by atoms with Crippen LogP contribution in [0.25, 0.3) is 16.8 Å². The van der Waals surface area contributed by atoms with Crippen molar-refractivity contribution >= 4 is 11.6 Å². The Morgan fingerprint density at radius 1 is 1.17 bits per heavy atom. The Morgan fingerprint density at radius 3 is 2.69 bits per heavy atom. The van der Waals surface area contributed by atoms with Crippen molar-refractivity contribution in [3.63, 3.8) is 0 Å². The first-order valence-corrected chi connectivity index (χ1v) is 9.58. The number of hydrogen-bond acceptors (Lipinski definition) is 5. The first-order chi connectivity index (χ1) is 14.1. The van der Waals surface area contributed by atoms with Gasteiger partial charge in [0.25, 0.3) is 5.56 Å². The molecular weight excluding hydrogens is 372 g/mol. The van der Waals surface area contributed by atoms with Crippen LogP contribution in [0.3, 0.4) is 0 Å². The number of hydrogen-bond donors (Lipinski definition) is 1. The third-order valence-corrected chi connectivity index (χ3v) is 5.26. The van der Waals surface area contributed by atoms with E-state index in [1.54, 1.807) is 19.1 Å². The Morgan fingerprint density at radius 2 is 1.97 bits per heavy atom. The number of aromatic nitrogens is 3. The summed E-state index contributed by atoms with van der Waals surface area (Å²) in [5.41, 5.74) is 3.56. The Kier molecular flexibility index (Phi) is 5.46. The molecule has 1 amide bonds. The number of H-pyrrole nitrogens is 1. The summed E-state index contributed by atoms with van der Waals surface area (Å²) >= 11 is 0. The molecule has 0 bridgehead atoms. The molecule has 1 atom stereocenters. The molecule has 1 aliphatic heterocycles. The van der Waals surface area contributed by atoms with Gasteiger partial charge in [-0.3, -0.25) is 14.7 Å². The molecule has 3 heterocycles. The lowest BCUT2D eigenvalue weighted by Crippen LogP contribution is -2.28. The number of rotatable bonds is 7. The molecule has 29 heavy (non-hydrogen) atoms. The van der Waals surface area contributed by atoms with Gasteiger partial charge in [-0.1, -0.05) is 30.3 Å². The number of benzene rings is 1. The van der Waals surface area contributed by atoms with Gasteiger partial charge < -0.3 is 14.4 Å². The summed E-state index contributed by atoms with van der Waals surface area (Å²) in [4.78, 5) is 31.7. The molecule has 3 aromatic rings. The van der Waals surface area contributed by atoms with Gasteiger partial charge >= 0.3 is 0 Å².